The van der Waals surface area contributed by atoms with Gasteiger partial charge >= 0.3 is 5.97 Å². The first-order valence-electron chi connectivity index (χ1n) is 6.71. The van der Waals surface area contributed by atoms with Gasteiger partial charge in [0.05, 0.1) is 6.54 Å². The fraction of sp³-hybridized carbons (Fsp3) is 0.467. The molecule has 0 bridgehead atoms. The number of rotatable bonds is 6. The number of carboxylic acids is 1. The Kier molecular flexibility index (Phi) is 6.18. The summed E-state index contributed by atoms with van der Waals surface area (Å²) in [5.74, 6) is -1.07. The number of benzene rings is 1. The van der Waals surface area contributed by atoms with Crippen LogP contribution in [0.25, 0.3) is 0 Å². The summed E-state index contributed by atoms with van der Waals surface area (Å²) in [6.07, 6.45) is 0.219. The molecular weight excluding hydrogens is 292 g/mol. The van der Waals surface area contributed by atoms with Gasteiger partial charge in [-0.15, -0.1) is 0 Å². The molecule has 5 nitrogen and oxygen atoms in total. The highest BCUT2D eigenvalue weighted by Crippen LogP contribution is 2.16. The van der Waals surface area contributed by atoms with E-state index in [9.17, 15) is 9.59 Å². The van der Waals surface area contributed by atoms with E-state index in [0.717, 1.165) is 0 Å². The summed E-state index contributed by atoms with van der Waals surface area (Å²) >= 11 is 5.85. The lowest BCUT2D eigenvalue weighted by Crippen LogP contribution is -2.45. The first-order valence-corrected chi connectivity index (χ1v) is 7.08. The van der Waals surface area contributed by atoms with Gasteiger partial charge in [0.15, 0.2) is 0 Å². The zero-order valence-electron chi connectivity index (χ0n) is 12.5. The standard InChI is InChI=1S/C15H21ClN2O3/c1-15(2,3)18(10-14(20)21)8-7-13(19)17-12-6-4-5-11(16)9-12/h4-6,9H,7-8,10H2,1-3H3,(H,17,19)(H,20,21). The van der Waals surface area contributed by atoms with Crippen molar-refractivity contribution in [3.8, 4) is 0 Å². The van der Waals surface area contributed by atoms with Gasteiger partial charge in [-0.3, -0.25) is 14.5 Å². The van der Waals surface area contributed by atoms with E-state index in [4.69, 9.17) is 16.7 Å². The van der Waals surface area contributed by atoms with Crippen LogP contribution in [-0.2, 0) is 9.59 Å². The first-order chi connectivity index (χ1) is 9.68. The molecule has 1 aromatic rings. The Labute approximate surface area is 129 Å². The van der Waals surface area contributed by atoms with Crippen LogP contribution >= 0.6 is 11.6 Å². The largest absolute Gasteiger partial charge is 0.480 e. The number of aliphatic carboxylic acids is 1. The van der Waals surface area contributed by atoms with Crippen molar-refractivity contribution in [3.05, 3.63) is 29.3 Å². The third-order valence-electron chi connectivity index (χ3n) is 2.99. The number of carbonyl (C=O) groups excluding carboxylic acids is 1. The molecule has 0 spiro atoms. The average molecular weight is 313 g/mol. The number of hydrogen-bond acceptors (Lipinski definition) is 3. The highest BCUT2D eigenvalue weighted by molar-refractivity contribution is 6.30. The minimum absolute atomic E-state index is 0.0893. The molecule has 0 aliphatic rings. The van der Waals surface area contributed by atoms with E-state index in [1.807, 2.05) is 20.8 Å². The summed E-state index contributed by atoms with van der Waals surface area (Å²) in [6, 6.07) is 6.90. The quantitative estimate of drug-likeness (QED) is 0.847. The number of carboxylic acid groups (broad SMARTS) is 1. The average Bonchev–Trinajstić information content (AvgIpc) is 2.32. The molecule has 1 rings (SSSR count). The van der Waals surface area contributed by atoms with E-state index in [-0.39, 0.29) is 24.4 Å². The Bertz CT molecular complexity index is 512. The monoisotopic (exact) mass is 312 g/mol. The molecule has 21 heavy (non-hydrogen) atoms. The molecule has 0 aromatic heterocycles. The number of anilines is 1. The Morgan fingerprint density at radius 2 is 2.00 bits per heavy atom. The van der Waals surface area contributed by atoms with Crippen LogP contribution in [0, 0.1) is 0 Å². The molecule has 0 aliphatic carbocycles. The highest BCUT2D eigenvalue weighted by atomic mass is 35.5. The Morgan fingerprint density at radius 3 is 2.52 bits per heavy atom. The molecule has 0 fully saturated rings. The van der Waals surface area contributed by atoms with Crippen molar-refractivity contribution in [2.24, 2.45) is 0 Å². The molecule has 0 saturated heterocycles. The van der Waals surface area contributed by atoms with Gasteiger partial charge < -0.3 is 10.4 Å². The minimum Gasteiger partial charge on any atom is -0.480 e. The minimum atomic E-state index is -0.903. The molecule has 0 radical (unpaired) electrons. The lowest BCUT2D eigenvalue weighted by molar-refractivity contribution is -0.140. The van der Waals surface area contributed by atoms with Crippen molar-refractivity contribution >= 4 is 29.2 Å². The second-order valence-electron chi connectivity index (χ2n) is 5.79. The van der Waals surface area contributed by atoms with Crippen molar-refractivity contribution in [2.45, 2.75) is 32.7 Å². The second kappa shape index (κ2) is 7.43. The van der Waals surface area contributed by atoms with Crippen molar-refractivity contribution in [1.82, 2.24) is 4.90 Å². The van der Waals surface area contributed by atoms with Crippen molar-refractivity contribution in [3.63, 3.8) is 0 Å². The van der Waals surface area contributed by atoms with Gasteiger partial charge in [-0.05, 0) is 39.0 Å². The topological polar surface area (TPSA) is 69.6 Å². The predicted molar refractivity (Wildman–Crippen MR) is 83.7 cm³/mol. The predicted octanol–water partition coefficient (Wildman–Crippen LogP) is 2.85. The molecule has 0 heterocycles. The zero-order valence-corrected chi connectivity index (χ0v) is 13.3. The maximum Gasteiger partial charge on any atom is 0.317 e. The second-order valence-corrected chi connectivity index (χ2v) is 6.23. The highest BCUT2D eigenvalue weighted by Gasteiger charge is 2.23. The summed E-state index contributed by atoms with van der Waals surface area (Å²) in [6.45, 7) is 6.05. The molecule has 1 aromatic carbocycles. The van der Waals surface area contributed by atoms with Gasteiger partial charge in [-0.1, -0.05) is 17.7 Å². The molecule has 1 amide bonds. The van der Waals surface area contributed by atoms with Crippen LogP contribution in [0.1, 0.15) is 27.2 Å². The number of amides is 1. The lowest BCUT2D eigenvalue weighted by Gasteiger charge is -2.34. The maximum absolute atomic E-state index is 11.9. The molecule has 0 aliphatic heterocycles. The van der Waals surface area contributed by atoms with E-state index in [2.05, 4.69) is 5.32 Å². The zero-order chi connectivity index (χ0) is 16.0. The summed E-state index contributed by atoms with van der Waals surface area (Å²) in [7, 11) is 0. The number of carbonyl (C=O) groups is 2. The smallest absolute Gasteiger partial charge is 0.317 e. The van der Waals surface area contributed by atoms with Crippen molar-refractivity contribution < 1.29 is 14.7 Å². The summed E-state index contributed by atoms with van der Waals surface area (Å²) in [5, 5.41) is 12.2. The van der Waals surface area contributed by atoms with Crippen LogP contribution in [-0.4, -0.2) is 40.5 Å². The van der Waals surface area contributed by atoms with Gasteiger partial charge in [0.25, 0.3) is 0 Å². The lowest BCUT2D eigenvalue weighted by atomic mass is 10.1. The van der Waals surface area contributed by atoms with Gasteiger partial charge in [-0.2, -0.15) is 0 Å². The van der Waals surface area contributed by atoms with Gasteiger partial charge in [0.2, 0.25) is 5.91 Å². The van der Waals surface area contributed by atoms with Crippen molar-refractivity contribution in [1.29, 1.82) is 0 Å². The van der Waals surface area contributed by atoms with E-state index in [0.29, 0.717) is 17.3 Å². The van der Waals surface area contributed by atoms with Crippen molar-refractivity contribution in [2.75, 3.05) is 18.4 Å². The molecule has 0 unspecified atom stereocenters. The van der Waals surface area contributed by atoms with Crippen LogP contribution < -0.4 is 5.32 Å². The SMILES string of the molecule is CC(C)(C)N(CCC(=O)Nc1cccc(Cl)c1)CC(=O)O. The summed E-state index contributed by atoms with van der Waals surface area (Å²) < 4.78 is 0. The number of nitrogens with zero attached hydrogens (tertiary/aromatic N) is 1. The molecule has 0 atom stereocenters. The Balaban J connectivity index is 2.55. The normalized spacial score (nSPS) is 11.5. The molecular formula is C15H21ClN2O3. The fourth-order valence-electron chi connectivity index (χ4n) is 1.84. The van der Waals surface area contributed by atoms with Crippen LogP contribution in [0.3, 0.4) is 0 Å². The summed E-state index contributed by atoms with van der Waals surface area (Å²) in [5.41, 5.74) is 0.322. The molecule has 2 N–H and O–H groups in total. The Hall–Kier alpha value is -1.59. The van der Waals surface area contributed by atoms with Gasteiger partial charge in [0, 0.05) is 29.2 Å². The van der Waals surface area contributed by atoms with Crippen LogP contribution in [0.2, 0.25) is 5.02 Å². The fourth-order valence-corrected chi connectivity index (χ4v) is 2.03. The van der Waals surface area contributed by atoms with E-state index in [1.165, 1.54) is 0 Å². The van der Waals surface area contributed by atoms with Crippen LogP contribution in [0.15, 0.2) is 24.3 Å². The maximum atomic E-state index is 11.9. The van der Waals surface area contributed by atoms with Gasteiger partial charge in [-0.25, -0.2) is 0 Å². The summed E-state index contributed by atoms with van der Waals surface area (Å²) in [4.78, 5) is 24.5. The Morgan fingerprint density at radius 1 is 1.33 bits per heavy atom. The van der Waals surface area contributed by atoms with Gasteiger partial charge in [0.1, 0.15) is 0 Å². The number of halogens is 1. The van der Waals surface area contributed by atoms with Crippen LogP contribution in [0.5, 0.6) is 0 Å². The van der Waals surface area contributed by atoms with E-state index < -0.39 is 5.97 Å². The number of hydrogen-bond donors (Lipinski definition) is 2. The van der Waals surface area contributed by atoms with Crippen LogP contribution in [0.4, 0.5) is 5.69 Å². The molecule has 116 valence electrons. The number of nitrogens with one attached hydrogen (secondary N) is 1. The molecule has 0 saturated carbocycles. The van der Waals surface area contributed by atoms with E-state index in [1.54, 1.807) is 29.2 Å². The third kappa shape index (κ3) is 6.60. The first kappa shape index (κ1) is 17.5. The van der Waals surface area contributed by atoms with E-state index >= 15 is 0 Å². The third-order valence-corrected chi connectivity index (χ3v) is 3.23. The molecule has 6 heteroatoms.